The van der Waals surface area contributed by atoms with Gasteiger partial charge in [-0.2, -0.15) is 5.10 Å². The van der Waals surface area contributed by atoms with Gasteiger partial charge in [-0.05, 0) is 76.7 Å². The summed E-state index contributed by atoms with van der Waals surface area (Å²) in [5.74, 6) is 0.526. The van der Waals surface area contributed by atoms with E-state index in [4.69, 9.17) is 4.74 Å². The summed E-state index contributed by atoms with van der Waals surface area (Å²) in [4.78, 5) is 11.9. The molecule has 5 heteroatoms. The fourth-order valence-corrected chi connectivity index (χ4v) is 2.00. The molecule has 0 aliphatic heterocycles. The van der Waals surface area contributed by atoms with E-state index in [1.807, 2.05) is 36.4 Å². The van der Waals surface area contributed by atoms with Gasteiger partial charge in [0.05, 0.1) is 6.21 Å². The molecule has 0 saturated heterocycles. The Morgan fingerprint density at radius 2 is 1.86 bits per heavy atom. The third kappa shape index (κ3) is 5.00. The minimum absolute atomic E-state index is 0.237. The number of benzene rings is 2. The summed E-state index contributed by atoms with van der Waals surface area (Å²) < 4.78 is 6.47. The molecular weight excluding hydrogens is 391 g/mol. The molecule has 112 valence electrons. The minimum atomic E-state index is -0.237. The molecule has 0 atom stereocenters. The topological polar surface area (TPSA) is 50.7 Å². The van der Waals surface area contributed by atoms with Gasteiger partial charge in [0.25, 0.3) is 5.91 Å². The van der Waals surface area contributed by atoms with Gasteiger partial charge in [0.2, 0.25) is 0 Å². The molecular formula is C17H15IN2O2. The van der Waals surface area contributed by atoms with E-state index in [9.17, 15) is 4.79 Å². The van der Waals surface area contributed by atoms with Crippen molar-refractivity contribution >= 4 is 34.7 Å². The molecule has 0 aliphatic carbocycles. The normalized spacial score (nSPS) is 10.4. The number of halogens is 1. The number of amides is 1. The number of nitrogens with one attached hydrogen (secondary N) is 1. The van der Waals surface area contributed by atoms with Gasteiger partial charge < -0.3 is 4.74 Å². The van der Waals surface area contributed by atoms with Crippen LogP contribution in [0, 0.1) is 3.57 Å². The zero-order valence-corrected chi connectivity index (χ0v) is 14.0. The molecule has 0 radical (unpaired) electrons. The van der Waals surface area contributed by atoms with E-state index in [-0.39, 0.29) is 5.91 Å². The lowest BCUT2D eigenvalue weighted by Gasteiger charge is -2.03. The van der Waals surface area contributed by atoms with Crippen LogP contribution in [0.4, 0.5) is 0 Å². The molecule has 2 aromatic rings. The Morgan fingerprint density at radius 3 is 2.50 bits per heavy atom. The monoisotopic (exact) mass is 406 g/mol. The molecule has 22 heavy (non-hydrogen) atoms. The molecule has 0 bridgehead atoms. The summed E-state index contributed by atoms with van der Waals surface area (Å²) in [5, 5.41) is 3.95. The molecule has 4 nitrogen and oxygen atoms in total. The van der Waals surface area contributed by atoms with E-state index < -0.39 is 0 Å². The van der Waals surface area contributed by atoms with Crippen LogP contribution in [0.25, 0.3) is 0 Å². The quantitative estimate of drug-likeness (QED) is 0.345. The minimum Gasteiger partial charge on any atom is -0.490 e. The highest BCUT2D eigenvalue weighted by Crippen LogP contribution is 2.11. The third-order valence-corrected chi connectivity index (χ3v) is 3.45. The number of carbonyl (C=O) groups excluding carboxylic acids is 1. The Morgan fingerprint density at radius 1 is 1.18 bits per heavy atom. The van der Waals surface area contributed by atoms with Crippen molar-refractivity contribution in [2.45, 2.75) is 0 Å². The van der Waals surface area contributed by atoms with Crippen LogP contribution in [-0.2, 0) is 0 Å². The third-order valence-electron chi connectivity index (χ3n) is 2.73. The number of hydrogen-bond acceptors (Lipinski definition) is 3. The van der Waals surface area contributed by atoms with Gasteiger partial charge >= 0.3 is 0 Å². The largest absolute Gasteiger partial charge is 0.490 e. The maximum atomic E-state index is 11.9. The maximum absolute atomic E-state index is 11.9. The van der Waals surface area contributed by atoms with Crippen molar-refractivity contribution < 1.29 is 9.53 Å². The highest BCUT2D eigenvalue weighted by Gasteiger charge is 2.02. The number of rotatable bonds is 6. The average molecular weight is 406 g/mol. The smallest absolute Gasteiger partial charge is 0.271 e. The molecule has 2 rings (SSSR count). The zero-order valence-electron chi connectivity index (χ0n) is 11.8. The SMILES string of the molecule is C=CCOc1ccc(/C=N\NC(=O)c2ccc(I)cc2)cc1. The van der Waals surface area contributed by atoms with E-state index in [0.29, 0.717) is 12.2 Å². The number of hydrogen-bond donors (Lipinski definition) is 1. The van der Waals surface area contributed by atoms with Crippen LogP contribution in [0.1, 0.15) is 15.9 Å². The van der Waals surface area contributed by atoms with Gasteiger partial charge in [-0.15, -0.1) is 0 Å². The average Bonchev–Trinajstić information content (AvgIpc) is 2.54. The molecule has 0 spiro atoms. The number of nitrogens with zero attached hydrogens (tertiary/aromatic N) is 1. The highest BCUT2D eigenvalue weighted by atomic mass is 127. The van der Waals surface area contributed by atoms with Crippen LogP contribution in [0.2, 0.25) is 0 Å². The van der Waals surface area contributed by atoms with Crippen LogP contribution in [-0.4, -0.2) is 18.7 Å². The Kier molecular flexibility index (Phi) is 6.14. The first kappa shape index (κ1) is 16.2. The molecule has 2 aromatic carbocycles. The molecule has 0 unspecified atom stereocenters. The molecule has 0 heterocycles. The summed E-state index contributed by atoms with van der Waals surface area (Å²) in [6.07, 6.45) is 3.28. The molecule has 1 amide bonds. The second kappa shape index (κ2) is 8.33. The van der Waals surface area contributed by atoms with Gasteiger partial charge in [-0.1, -0.05) is 12.7 Å². The van der Waals surface area contributed by atoms with Crippen LogP contribution >= 0.6 is 22.6 Å². The Balaban J connectivity index is 1.90. The predicted molar refractivity (Wildman–Crippen MR) is 96.4 cm³/mol. The number of hydrazone groups is 1. The van der Waals surface area contributed by atoms with Gasteiger partial charge in [0.15, 0.2) is 0 Å². The Bertz CT molecular complexity index is 664. The van der Waals surface area contributed by atoms with E-state index in [1.165, 1.54) is 0 Å². The fraction of sp³-hybridized carbons (Fsp3) is 0.0588. The van der Waals surface area contributed by atoms with Crippen molar-refractivity contribution in [1.82, 2.24) is 5.43 Å². The summed E-state index contributed by atoms with van der Waals surface area (Å²) >= 11 is 2.19. The van der Waals surface area contributed by atoms with Crippen LogP contribution in [0.3, 0.4) is 0 Å². The van der Waals surface area contributed by atoms with E-state index >= 15 is 0 Å². The van der Waals surface area contributed by atoms with Gasteiger partial charge in [0.1, 0.15) is 12.4 Å². The molecule has 0 aliphatic rings. The molecule has 0 aromatic heterocycles. The van der Waals surface area contributed by atoms with Crippen molar-refractivity contribution in [3.8, 4) is 5.75 Å². The lowest BCUT2D eigenvalue weighted by Crippen LogP contribution is -2.17. The Hall–Kier alpha value is -2.15. The first-order valence-corrected chi connectivity index (χ1v) is 7.69. The van der Waals surface area contributed by atoms with Crippen LogP contribution in [0.5, 0.6) is 5.75 Å². The van der Waals surface area contributed by atoms with Crippen molar-refractivity contribution in [2.24, 2.45) is 5.10 Å². The lowest BCUT2D eigenvalue weighted by molar-refractivity contribution is 0.0955. The highest BCUT2D eigenvalue weighted by molar-refractivity contribution is 14.1. The molecule has 0 saturated carbocycles. The van der Waals surface area contributed by atoms with E-state index in [0.717, 1.165) is 14.9 Å². The lowest BCUT2D eigenvalue weighted by atomic mass is 10.2. The van der Waals surface area contributed by atoms with Crippen LogP contribution in [0.15, 0.2) is 66.3 Å². The first-order chi connectivity index (χ1) is 10.7. The van der Waals surface area contributed by atoms with E-state index in [2.05, 4.69) is 39.7 Å². The summed E-state index contributed by atoms with van der Waals surface area (Å²) in [5.41, 5.74) is 3.94. The second-order valence-corrected chi connectivity index (χ2v) is 5.62. The maximum Gasteiger partial charge on any atom is 0.271 e. The standard InChI is InChI=1S/C17H15IN2O2/c1-2-11-22-16-9-3-13(4-10-16)12-19-20-17(21)14-5-7-15(18)8-6-14/h2-10,12H,1,11H2,(H,20,21)/b19-12-. The van der Waals surface area contributed by atoms with Gasteiger partial charge in [0, 0.05) is 9.13 Å². The van der Waals surface area contributed by atoms with Crippen LogP contribution < -0.4 is 10.2 Å². The van der Waals surface area contributed by atoms with Crippen molar-refractivity contribution in [1.29, 1.82) is 0 Å². The first-order valence-electron chi connectivity index (χ1n) is 6.62. The molecule has 1 N–H and O–H groups in total. The van der Waals surface area contributed by atoms with Crippen molar-refractivity contribution in [3.63, 3.8) is 0 Å². The fourth-order valence-electron chi connectivity index (χ4n) is 1.64. The predicted octanol–water partition coefficient (Wildman–Crippen LogP) is 3.62. The van der Waals surface area contributed by atoms with Crippen molar-refractivity contribution in [2.75, 3.05) is 6.61 Å². The number of carbonyl (C=O) groups is 1. The Labute approximate surface area is 143 Å². The van der Waals surface area contributed by atoms with Crippen molar-refractivity contribution in [3.05, 3.63) is 75.9 Å². The summed E-state index contributed by atoms with van der Waals surface area (Å²) in [6, 6.07) is 14.7. The number of ether oxygens (including phenoxy) is 1. The van der Waals surface area contributed by atoms with Gasteiger partial charge in [-0.3, -0.25) is 4.79 Å². The van der Waals surface area contributed by atoms with E-state index in [1.54, 1.807) is 24.4 Å². The second-order valence-electron chi connectivity index (χ2n) is 4.37. The summed E-state index contributed by atoms with van der Waals surface area (Å²) in [7, 11) is 0. The molecule has 0 fully saturated rings. The zero-order chi connectivity index (χ0) is 15.8. The van der Waals surface area contributed by atoms with Gasteiger partial charge in [-0.25, -0.2) is 5.43 Å². The summed E-state index contributed by atoms with van der Waals surface area (Å²) in [6.45, 7) is 4.06.